The number of hydrogen-bond donors (Lipinski definition) is 2. The molecule has 10 heteroatoms. The molecule has 0 aliphatic rings. The van der Waals surface area contributed by atoms with Crippen LogP contribution in [0.25, 0.3) is 5.00 Å². The van der Waals surface area contributed by atoms with Gasteiger partial charge in [-0.15, -0.1) is 11.3 Å². The Hall–Kier alpha value is -3.53. The first-order valence-electron chi connectivity index (χ1n) is 7.10. The molecule has 2 heterocycles. The number of aryl methyl sites for hydroxylation is 1. The molecule has 3 aromatic rings. The molecule has 9 nitrogen and oxygen atoms in total. The molecule has 1 aromatic carbocycles. The van der Waals surface area contributed by atoms with Gasteiger partial charge >= 0.3 is 17.6 Å². The van der Waals surface area contributed by atoms with Gasteiger partial charge in [-0.1, -0.05) is 6.07 Å². The summed E-state index contributed by atoms with van der Waals surface area (Å²) < 4.78 is 1.49. The van der Waals surface area contributed by atoms with E-state index in [1.165, 1.54) is 34.2 Å². The summed E-state index contributed by atoms with van der Waals surface area (Å²) in [6.07, 6.45) is 3.27. The van der Waals surface area contributed by atoms with Crippen LogP contribution < -0.4 is 0 Å². The monoisotopic (exact) mass is 375 g/mol. The first-order valence-corrected chi connectivity index (χ1v) is 7.98. The summed E-state index contributed by atoms with van der Waals surface area (Å²) in [5, 5.41) is 34.0. The lowest BCUT2D eigenvalue weighted by atomic mass is 10.1. The molecule has 134 valence electrons. The van der Waals surface area contributed by atoms with Crippen molar-refractivity contribution in [2.75, 3.05) is 0 Å². The number of aromatic carboxylic acids is 2. The van der Waals surface area contributed by atoms with Crippen molar-refractivity contribution in [3.63, 3.8) is 0 Å². The van der Waals surface area contributed by atoms with Gasteiger partial charge in [-0.05, 0) is 30.7 Å². The molecule has 2 aromatic heterocycles. The third-order valence-corrected chi connectivity index (χ3v) is 4.14. The van der Waals surface area contributed by atoms with Crippen LogP contribution in [0.3, 0.4) is 0 Å². The lowest BCUT2D eigenvalue weighted by Gasteiger charge is -2.01. The van der Waals surface area contributed by atoms with Gasteiger partial charge in [0.1, 0.15) is 0 Å². The average Bonchev–Trinajstić information content (AvgIpc) is 3.26. The Kier molecular flexibility index (Phi) is 5.81. The molecule has 0 amide bonds. The third kappa shape index (κ3) is 4.30. The van der Waals surface area contributed by atoms with Crippen LogP contribution in [-0.4, -0.2) is 36.9 Å². The summed E-state index contributed by atoms with van der Waals surface area (Å²) in [4.78, 5) is 31.2. The fourth-order valence-corrected chi connectivity index (χ4v) is 2.78. The van der Waals surface area contributed by atoms with E-state index in [4.69, 9.17) is 10.2 Å². The number of carboxylic acid groups (broad SMARTS) is 2. The van der Waals surface area contributed by atoms with Crippen molar-refractivity contribution in [2.45, 2.75) is 6.92 Å². The number of benzene rings is 1. The Morgan fingerprint density at radius 1 is 1.23 bits per heavy atom. The van der Waals surface area contributed by atoms with E-state index < -0.39 is 16.9 Å². The summed E-state index contributed by atoms with van der Waals surface area (Å²) >= 11 is 1.29. The molecule has 0 bridgehead atoms. The topological polar surface area (TPSA) is 136 Å². The summed E-state index contributed by atoms with van der Waals surface area (Å²) in [6, 6.07) is 7.21. The molecule has 0 fully saturated rings. The number of carboxylic acids is 2. The van der Waals surface area contributed by atoms with Crippen LogP contribution in [0.2, 0.25) is 0 Å². The summed E-state index contributed by atoms with van der Waals surface area (Å²) in [7, 11) is 0. The molecular formula is C16H13N3O6S. The van der Waals surface area contributed by atoms with E-state index in [0.717, 1.165) is 6.07 Å². The molecule has 26 heavy (non-hydrogen) atoms. The highest BCUT2D eigenvalue weighted by Gasteiger charge is 2.16. The second kappa shape index (κ2) is 8.03. The van der Waals surface area contributed by atoms with E-state index in [-0.39, 0.29) is 16.8 Å². The highest BCUT2D eigenvalue weighted by molar-refractivity contribution is 7.13. The summed E-state index contributed by atoms with van der Waals surface area (Å²) in [5.74, 6) is -2.23. The molecular weight excluding hydrogens is 362 g/mol. The van der Waals surface area contributed by atoms with Gasteiger partial charge in [0, 0.05) is 23.8 Å². The van der Waals surface area contributed by atoms with Crippen molar-refractivity contribution >= 4 is 29.0 Å². The van der Waals surface area contributed by atoms with E-state index >= 15 is 0 Å². The second-order valence-electron chi connectivity index (χ2n) is 4.96. The van der Waals surface area contributed by atoms with Crippen molar-refractivity contribution in [1.82, 2.24) is 9.78 Å². The van der Waals surface area contributed by atoms with Gasteiger partial charge in [0.25, 0.3) is 0 Å². The minimum Gasteiger partial charge on any atom is -0.478 e. The van der Waals surface area contributed by atoms with Crippen molar-refractivity contribution in [3.8, 4) is 5.00 Å². The van der Waals surface area contributed by atoms with Crippen molar-refractivity contribution in [2.24, 2.45) is 0 Å². The predicted molar refractivity (Wildman–Crippen MR) is 93.2 cm³/mol. The van der Waals surface area contributed by atoms with Gasteiger partial charge in [-0.3, -0.25) is 10.1 Å². The fourth-order valence-electron chi connectivity index (χ4n) is 1.98. The van der Waals surface area contributed by atoms with Gasteiger partial charge in [0.2, 0.25) is 0 Å². The lowest BCUT2D eigenvalue weighted by Crippen LogP contribution is -2.03. The Bertz CT molecular complexity index is 949. The first-order chi connectivity index (χ1) is 12.3. The molecule has 0 atom stereocenters. The Labute approximate surface area is 150 Å². The number of nitro groups is 1. The first kappa shape index (κ1) is 18.8. The normalized spacial score (nSPS) is 9.88. The zero-order chi connectivity index (χ0) is 19.3. The maximum atomic E-state index is 10.6. The van der Waals surface area contributed by atoms with Crippen molar-refractivity contribution in [1.29, 1.82) is 0 Å². The van der Waals surface area contributed by atoms with E-state index in [9.17, 15) is 19.7 Å². The molecule has 0 unspecified atom stereocenters. The zero-order valence-electron chi connectivity index (χ0n) is 13.4. The maximum absolute atomic E-state index is 10.6. The minimum atomic E-state index is -1.12. The molecule has 3 rings (SSSR count). The van der Waals surface area contributed by atoms with Crippen LogP contribution in [0.4, 0.5) is 5.69 Å². The largest absolute Gasteiger partial charge is 0.478 e. The average molecular weight is 375 g/mol. The highest BCUT2D eigenvalue weighted by atomic mass is 32.1. The minimum absolute atomic E-state index is 0.0111. The van der Waals surface area contributed by atoms with Crippen LogP contribution in [0.5, 0.6) is 0 Å². The summed E-state index contributed by atoms with van der Waals surface area (Å²) in [6.45, 7) is 1.62. The predicted octanol–water partition coefficient (Wildman–Crippen LogP) is 3.23. The number of aromatic nitrogens is 2. The SMILES string of the molecule is Cc1ccc(C(=O)O)cc1C(=O)O.O=[N+]([O-])c1ccsc1-n1cccn1. The number of carbonyl (C=O) groups is 2. The summed E-state index contributed by atoms with van der Waals surface area (Å²) in [5.41, 5.74) is 0.661. The molecule has 0 radical (unpaired) electrons. The van der Waals surface area contributed by atoms with E-state index in [2.05, 4.69) is 5.10 Å². The molecule has 0 saturated carbocycles. The number of thiophene rings is 1. The van der Waals surface area contributed by atoms with Crippen LogP contribution in [-0.2, 0) is 0 Å². The van der Waals surface area contributed by atoms with Crippen LogP contribution in [0, 0.1) is 17.0 Å². The fraction of sp³-hybridized carbons (Fsp3) is 0.0625. The third-order valence-electron chi connectivity index (χ3n) is 3.25. The highest BCUT2D eigenvalue weighted by Crippen LogP contribution is 2.27. The smallest absolute Gasteiger partial charge is 0.335 e. The Morgan fingerprint density at radius 3 is 2.50 bits per heavy atom. The van der Waals surface area contributed by atoms with Crippen LogP contribution in [0.1, 0.15) is 26.3 Å². The maximum Gasteiger partial charge on any atom is 0.335 e. The van der Waals surface area contributed by atoms with E-state index in [1.807, 2.05) is 0 Å². The Morgan fingerprint density at radius 2 is 1.96 bits per heavy atom. The van der Waals surface area contributed by atoms with Crippen molar-refractivity contribution in [3.05, 3.63) is 74.9 Å². The molecule has 2 N–H and O–H groups in total. The number of rotatable bonds is 4. The molecule has 0 aliphatic heterocycles. The standard InChI is InChI=1S/C9H8O4.C7H5N3O2S/c1-5-2-3-6(8(10)11)4-7(5)9(12)13;11-10(12)6-2-5-13-7(6)9-4-1-3-8-9/h2-4H,1H3,(H,10,11)(H,12,13);1-5H. The van der Waals surface area contributed by atoms with Crippen LogP contribution in [0.15, 0.2) is 48.1 Å². The molecule has 0 spiro atoms. The molecule has 0 aliphatic carbocycles. The quantitative estimate of drug-likeness (QED) is 0.528. The van der Waals surface area contributed by atoms with Gasteiger partial charge < -0.3 is 10.2 Å². The number of nitrogens with zero attached hydrogens (tertiary/aromatic N) is 3. The van der Waals surface area contributed by atoms with E-state index in [1.54, 1.807) is 30.8 Å². The van der Waals surface area contributed by atoms with Gasteiger partial charge in [0.05, 0.1) is 16.1 Å². The second-order valence-corrected chi connectivity index (χ2v) is 5.85. The van der Waals surface area contributed by atoms with Gasteiger partial charge in [-0.2, -0.15) is 5.10 Å². The molecule has 0 saturated heterocycles. The van der Waals surface area contributed by atoms with E-state index in [0.29, 0.717) is 10.6 Å². The number of hydrogen-bond acceptors (Lipinski definition) is 6. The van der Waals surface area contributed by atoms with Gasteiger partial charge in [-0.25, -0.2) is 14.3 Å². The lowest BCUT2D eigenvalue weighted by molar-refractivity contribution is -0.384. The van der Waals surface area contributed by atoms with Crippen LogP contribution >= 0.6 is 11.3 Å². The Balaban J connectivity index is 0.000000187. The van der Waals surface area contributed by atoms with Gasteiger partial charge in [0.15, 0.2) is 5.00 Å². The van der Waals surface area contributed by atoms with Crippen molar-refractivity contribution < 1.29 is 24.7 Å². The zero-order valence-corrected chi connectivity index (χ0v) is 14.2.